The van der Waals surface area contributed by atoms with Crippen molar-refractivity contribution in [3.8, 4) is 0 Å². The van der Waals surface area contributed by atoms with Crippen LogP contribution in [0.4, 0.5) is 13.2 Å². The van der Waals surface area contributed by atoms with Crippen LogP contribution in [0.15, 0.2) is 42.9 Å². The third-order valence-corrected chi connectivity index (χ3v) is 4.55. The molecule has 3 heterocycles. The normalized spacial score (nSPS) is 14.9. The fourth-order valence-corrected chi connectivity index (χ4v) is 2.96. The van der Waals surface area contributed by atoms with Crippen molar-refractivity contribution < 1.29 is 18.0 Å². The first kappa shape index (κ1) is 18.1. The summed E-state index contributed by atoms with van der Waals surface area (Å²) in [5.74, 6) is -0.128. The van der Waals surface area contributed by atoms with Crippen molar-refractivity contribution in [2.24, 2.45) is 0 Å². The van der Waals surface area contributed by atoms with Gasteiger partial charge < -0.3 is 4.90 Å². The molecule has 0 N–H and O–H groups in total. The van der Waals surface area contributed by atoms with E-state index in [1.54, 1.807) is 28.2 Å². The molecule has 0 unspecified atom stereocenters. The first-order valence-electron chi connectivity index (χ1n) is 8.57. The van der Waals surface area contributed by atoms with E-state index in [-0.39, 0.29) is 18.4 Å². The second-order valence-corrected chi connectivity index (χ2v) is 6.57. The Labute approximate surface area is 157 Å². The van der Waals surface area contributed by atoms with Crippen LogP contribution in [0.2, 0.25) is 0 Å². The smallest absolute Gasteiger partial charge is 0.338 e. The maximum absolute atomic E-state index is 12.6. The van der Waals surface area contributed by atoms with Gasteiger partial charge in [-0.05, 0) is 17.7 Å². The fraction of sp³-hybridized carbons (Fsp3) is 0.353. The number of aromatic nitrogens is 6. The largest absolute Gasteiger partial charge is 0.416 e. The monoisotopic (exact) mass is 391 g/mol. The van der Waals surface area contributed by atoms with Gasteiger partial charge in [0.05, 0.1) is 36.6 Å². The van der Waals surface area contributed by atoms with Gasteiger partial charge in [0.25, 0.3) is 0 Å². The van der Waals surface area contributed by atoms with Crippen molar-refractivity contribution in [2.45, 2.75) is 25.2 Å². The second-order valence-electron chi connectivity index (χ2n) is 6.57. The van der Waals surface area contributed by atoms with E-state index >= 15 is 0 Å². The van der Waals surface area contributed by atoms with E-state index in [1.165, 1.54) is 16.9 Å². The average Bonchev–Trinajstić information content (AvgIpc) is 3.26. The highest BCUT2D eigenvalue weighted by Crippen LogP contribution is 2.29. The summed E-state index contributed by atoms with van der Waals surface area (Å²) < 4.78 is 39.5. The number of amides is 1. The Balaban J connectivity index is 1.29. The lowest BCUT2D eigenvalue weighted by Gasteiger charge is -2.39. The molecule has 0 radical (unpaired) electrons. The number of likely N-dealkylation sites (tertiary alicyclic amines) is 1. The highest BCUT2D eigenvalue weighted by atomic mass is 19.4. The van der Waals surface area contributed by atoms with Crippen molar-refractivity contribution in [1.29, 1.82) is 0 Å². The molecule has 1 saturated heterocycles. The van der Waals surface area contributed by atoms with E-state index in [0.29, 0.717) is 30.9 Å². The van der Waals surface area contributed by atoms with Crippen LogP contribution in [0.5, 0.6) is 0 Å². The third-order valence-electron chi connectivity index (χ3n) is 4.55. The number of alkyl halides is 3. The zero-order valence-corrected chi connectivity index (χ0v) is 14.6. The molecule has 8 nitrogen and oxygen atoms in total. The van der Waals surface area contributed by atoms with Gasteiger partial charge in [-0.1, -0.05) is 17.3 Å². The standard InChI is InChI=1S/C17H16F3N7O/c18-17(19,20)13-3-1-12(2-4-13)7-16(28)25-10-15(11-25)26-8-14(23-24-26)9-27-21-5-6-22-27/h1-6,8,15H,7,9-11H2. The van der Waals surface area contributed by atoms with Crippen LogP contribution in [0.3, 0.4) is 0 Å². The Kier molecular flexibility index (Phi) is 4.57. The summed E-state index contributed by atoms with van der Waals surface area (Å²) in [5.41, 5.74) is 0.543. The molecule has 3 aromatic rings. The molecule has 0 bridgehead atoms. The minimum Gasteiger partial charge on any atom is -0.338 e. The van der Waals surface area contributed by atoms with Crippen LogP contribution in [-0.2, 0) is 23.9 Å². The number of benzene rings is 1. The first-order valence-corrected chi connectivity index (χ1v) is 8.57. The van der Waals surface area contributed by atoms with Gasteiger partial charge in [0, 0.05) is 13.1 Å². The highest BCUT2D eigenvalue weighted by molar-refractivity contribution is 5.79. The molecular weight excluding hydrogens is 375 g/mol. The summed E-state index contributed by atoms with van der Waals surface area (Å²) >= 11 is 0. The molecule has 1 aliphatic heterocycles. The third kappa shape index (κ3) is 3.87. The van der Waals surface area contributed by atoms with Gasteiger partial charge in [-0.2, -0.15) is 28.2 Å². The van der Waals surface area contributed by atoms with Gasteiger partial charge in [-0.15, -0.1) is 5.10 Å². The molecule has 1 amide bonds. The quantitative estimate of drug-likeness (QED) is 0.659. The van der Waals surface area contributed by atoms with E-state index in [1.807, 2.05) is 0 Å². The minimum atomic E-state index is -4.38. The molecule has 0 atom stereocenters. The lowest BCUT2D eigenvalue weighted by Crippen LogP contribution is -2.51. The molecule has 1 fully saturated rings. The van der Waals surface area contributed by atoms with Crippen LogP contribution in [-0.4, -0.2) is 53.9 Å². The van der Waals surface area contributed by atoms with Crippen molar-refractivity contribution in [3.63, 3.8) is 0 Å². The second kappa shape index (κ2) is 7.06. The Morgan fingerprint density at radius 1 is 1.11 bits per heavy atom. The van der Waals surface area contributed by atoms with Gasteiger partial charge in [0.2, 0.25) is 5.91 Å². The van der Waals surface area contributed by atoms with Crippen molar-refractivity contribution in [2.75, 3.05) is 13.1 Å². The maximum atomic E-state index is 12.6. The summed E-state index contributed by atoms with van der Waals surface area (Å²) in [4.78, 5) is 15.5. The van der Waals surface area contributed by atoms with Gasteiger partial charge in [-0.3, -0.25) is 4.79 Å². The molecular formula is C17H16F3N7O. The van der Waals surface area contributed by atoms with E-state index in [2.05, 4.69) is 20.5 Å². The molecule has 4 rings (SSSR count). The predicted molar refractivity (Wildman–Crippen MR) is 89.9 cm³/mol. The number of nitrogens with zero attached hydrogens (tertiary/aromatic N) is 7. The number of carbonyl (C=O) groups is 1. The number of hydrogen-bond donors (Lipinski definition) is 0. The summed E-state index contributed by atoms with van der Waals surface area (Å²) in [6.45, 7) is 1.39. The number of halogens is 3. The molecule has 0 saturated carbocycles. The van der Waals surface area contributed by atoms with E-state index < -0.39 is 11.7 Å². The van der Waals surface area contributed by atoms with Gasteiger partial charge in [-0.25, -0.2) is 4.68 Å². The summed E-state index contributed by atoms with van der Waals surface area (Å²) in [5, 5.41) is 16.2. The van der Waals surface area contributed by atoms with Crippen molar-refractivity contribution >= 4 is 5.91 Å². The topological polar surface area (TPSA) is 81.7 Å². The van der Waals surface area contributed by atoms with E-state index in [9.17, 15) is 18.0 Å². The zero-order valence-electron chi connectivity index (χ0n) is 14.6. The summed E-state index contributed by atoms with van der Waals surface area (Å²) in [7, 11) is 0. The van der Waals surface area contributed by atoms with Crippen molar-refractivity contribution in [1.82, 2.24) is 34.9 Å². The summed E-state index contributed by atoms with van der Waals surface area (Å²) in [6, 6.07) is 4.69. The van der Waals surface area contributed by atoms with Crippen LogP contribution < -0.4 is 0 Å². The molecule has 146 valence electrons. The maximum Gasteiger partial charge on any atom is 0.416 e. The van der Waals surface area contributed by atoms with Gasteiger partial charge in [0.15, 0.2) is 0 Å². The van der Waals surface area contributed by atoms with E-state index in [0.717, 1.165) is 12.1 Å². The van der Waals surface area contributed by atoms with Crippen LogP contribution in [0, 0.1) is 0 Å². The van der Waals surface area contributed by atoms with Gasteiger partial charge in [0.1, 0.15) is 12.2 Å². The Bertz CT molecular complexity index is 944. The van der Waals surface area contributed by atoms with E-state index in [4.69, 9.17) is 0 Å². The molecule has 2 aromatic heterocycles. The molecule has 0 spiro atoms. The molecule has 11 heteroatoms. The molecule has 1 aliphatic rings. The zero-order chi connectivity index (χ0) is 19.7. The fourth-order valence-electron chi connectivity index (χ4n) is 2.96. The predicted octanol–water partition coefficient (Wildman–Crippen LogP) is 1.56. The Hall–Kier alpha value is -3.24. The van der Waals surface area contributed by atoms with Crippen molar-refractivity contribution in [3.05, 3.63) is 59.7 Å². The molecule has 1 aromatic carbocycles. The van der Waals surface area contributed by atoms with Crippen LogP contribution in [0.1, 0.15) is 22.9 Å². The number of hydrogen-bond acceptors (Lipinski definition) is 5. The lowest BCUT2D eigenvalue weighted by molar-refractivity contribution is -0.137. The number of rotatable bonds is 5. The Morgan fingerprint density at radius 3 is 2.43 bits per heavy atom. The molecule has 28 heavy (non-hydrogen) atoms. The SMILES string of the molecule is O=C(Cc1ccc(C(F)(F)F)cc1)N1CC(n2cc(Cn3nccn3)nn2)C1. The average molecular weight is 391 g/mol. The van der Waals surface area contributed by atoms with Crippen LogP contribution >= 0.6 is 0 Å². The minimum absolute atomic E-state index is 0.0309. The Morgan fingerprint density at radius 2 is 1.79 bits per heavy atom. The highest BCUT2D eigenvalue weighted by Gasteiger charge is 2.33. The lowest BCUT2D eigenvalue weighted by atomic mass is 10.0. The summed E-state index contributed by atoms with van der Waals surface area (Å²) in [6.07, 6.45) is 0.647. The first-order chi connectivity index (χ1) is 13.4. The van der Waals surface area contributed by atoms with Crippen LogP contribution in [0.25, 0.3) is 0 Å². The number of carbonyl (C=O) groups excluding carboxylic acids is 1. The van der Waals surface area contributed by atoms with Gasteiger partial charge >= 0.3 is 6.18 Å². The molecule has 0 aliphatic carbocycles.